The summed E-state index contributed by atoms with van der Waals surface area (Å²) < 4.78 is 10.4. The van der Waals surface area contributed by atoms with Gasteiger partial charge in [0.05, 0.1) is 24.5 Å². The molecule has 0 aliphatic carbocycles. The number of nitrogens with zero attached hydrogens (tertiary/aromatic N) is 2. The number of rotatable bonds is 7. The summed E-state index contributed by atoms with van der Waals surface area (Å²) in [6.07, 6.45) is 0.0743. The third kappa shape index (κ3) is 5.88. The number of aliphatic imine (C=N–C) groups is 1. The molecule has 2 aromatic carbocycles. The highest BCUT2D eigenvalue weighted by Crippen LogP contribution is 2.29. The van der Waals surface area contributed by atoms with E-state index < -0.39 is 11.2 Å². The fourth-order valence-corrected chi connectivity index (χ4v) is 3.98. The van der Waals surface area contributed by atoms with Crippen molar-refractivity contribution in [3.63, 3.8) is 0 Å². The van der Waals surface area contributed by atoms with Crippen molar-refractivity contribution in [3.05, 3.63) is 54.1 Å². The molecule has 0 bridgehead atoms. The summed E-state index contributed by atoms with van der Waals surface area (Å²) in [7, 11) is 1.63. The molecule has 2 aromatic rings. The first-order chi connectivity index (χ1) is 15.4. The van der Waals surface area contributed by atoms with Gasteiger partial charge in [0.25, 0.3) is 0 Å². The maximum atomic E-state index is 12.8. The largest absolute Gasteiger partial charge is 0.494 e. The number of thioether (sulfide) groups is 1. The SMILES string of the molecule is CCOC(=O)c1ccc(N=C2S[C@H](C(=O)Nc3ccc(OCC)cc3)CC(=O)N2C)cc1. The lowest BCUT2D eigenvalue weighted by Gasteiger charge is -2.28. The van der Waals surface area contributed by atoms with E-state index >= 15 is 0 Å². The first kappa shape index (κ1) is 23.3. The van der Waals surface area contributed by atoms with Crippen LogP contribution in [0.2, 0.25) is 0 Å². The molecular weight excluding hydrogens is 430 g/mol. The number of hydrogen-bond donors (Lipinski definition) is 1. The van der Waals surface area contributed by atoms with Crippen LogP contribution in [0.4, 0.5) is 11.4 Å². The van der Waals surface area contributed by atoms with E-state index in [0.29, 0.717) is 35.3 Å². The Morgan fingerprint density at radius 1 is 1.09 bits per heavy atom. The third-order valence-electron chi connectivity index (χ3n) is 4.60. The second-order valence-electron chi connectivity index (χ2n) is 6.87. The molecule has 1 aliphatic rings. The van der Waals surface area contributed by atoms with Gasteiger partial charge in [-0.15, -0.1) is 0 Å². The molecule has 1 fully saturated rings. The zero-order chi connectivity index (χ0) is 23.1. The fraction of sp³-hybridized carbons (Fsp3) is 0.304. The molecule has 8 nitrogen and oxygen atoms in total. The predicted octanol–water partition coefficient (Wildman–Crippen LogP) is 3.85. The van der Waals surface area contributed by atoms with Crippen LogP contribution in [0.25, 0.3) is 0 Å². The number of carbonyl (C=O) groups excluding carboxylic acids is 3. The Balaban J connectivity index is 1.70. The molecule has 168 valence electrons. The summed E-state index contributed by atoms with van der Waals surface area (Å²) in [4.78, 5) is 43.0. The zero-order valence-corrected chi connectivity index (χ0v) is 19.0. The smallest absolute Gasteiger partial charge is 0.338 e. The van der Waals surface area contributed by atoms with Crippen LogP contribution in [0.15, 0.2) is 53.5 Å². The van der Waals surface area contributed by atoms with Crippen molar-refractivity contribution in [1.82, 2.24) is 4.90 Å². The van der Waals surface area contributed by atoms with Gasteiger partial charge >= 0.3 is 5.97 Å². The van der Waals surface area contributed by atoms with Crippen molar-refractivity contribution in [3.8, 4) is 5.75 Å². The number of nitrogens with one attached hydrogen (secondary N) is 1. The van der Waals surface area contributed by atoms with Gasteiger partial charge in [0.2, 0.25) is 11.8 Å². The first-order valence-electron chi connectivity index (χ1n) is 10.2. The van der Waals surface area contributed by atoms with Gasteiger partial charge in [0.1, 0.15) is 11.0 Å². The lowest BCUT2D eigenvalue weighted by atomic mass is 10.2. The average Bonchev–Trinajstić information content (AvgIpc) is 2.79. The van der Waals surface area contributed by atoms with E-state index in [9.17, 15) is 14.4 Å². The summed E-state index contributed by atoms with van der Waals surface area (Å²) in [5.41, 5.74) is 1.61. The quantitative estimate of drug-likeness (QED) is 0.637. The van der Waals surface area contributed by atoms with E-state index in [1.165, 1.54) is 16.7 Å². The van der Waals surface area contributed by atoms with Crippen LogP contribution >= 0.6 is 11.8 Å². The minimum atomic E-state index is -0.608. The second kappa shape index (κ2) is 10.8. The maximum Gasteiger partial charge on any atom is 0.338 e. The van der Waals surface area contributed by atoms with E-state index in [1.807, 2.05) is 6.92 Å². The number of hydrogen-bond acceptors (Lipinski definition) is 7. The molecule has 0 spiro atoms. The van der Waals surface area contributed by atoms with Crippen molar-refractivity contribution < 1.29 is 23.9 Å². The zero-order valence-electron chi connectivity index (χ0n) is 18.2. The summed E-state index contributed by atoms with van der Waals surface area (Å²) in [6.45, 7) is 4.51. The minimum absolute atomic E-state index is 0.0743. The monoisotopic (exact) mass is 455 g/mol. The second-order valence-corrected chi connectivity index (χ2v) is 8.04. The highest BCUT2D eigenvalue weighted by molar-refractivity contribution is 8.15. The van der Waals surface area contributed by atoms with Gasteiger partial charge in [-0.1, -0.05) is 11.8 Å². The Morgan fingerprint density at radius 3 is 2.41 bits per heavy atom. The van der Waals surface area contributed by atoms with Crippen molar-refractivity contribution in [2.75, 3.05) is 25.6 Å². The van der Waals surface area contributed by atoms with E-state index in [0.717, 1.165) is 5.75 Å². The summed E-state index contributed by atoms with van der Waals surface area (Å²) in [5.74, 6) is -0.154. The summed E-state index contributed by atoms with van der Waals surface area (Å²) >= 11 is 1.22. The van der Waals surface area contributed by atoms with Gasteiger partial charge in [-0.25, -0.2) is 9.79 Å². The summed E-state index contributed by atoms with van der Waals surface area (Å²) in [5, 5.41) is 2.65. The van der Waals surface area contributed by atoms with Crippen LogP contribution < -0.4 is 10.1 Å². The van der Waals surface area contributed by atoms with Gasteiger partial charge in [-0.05, 0) is 62.4 Å². The van der Waals surface area contributed by atoms with Crippen LogP contribution in [0.5, 0.6) is 5.75 Å². The maximum absolute atomic E-state index is 12.8. The Labute approximate surface area is 191 Å². The van der Waals surface area contributed by atoms with Gasteiger partial charge in [-0.2, -0.15) is 0 Å². The number of benzene rings is 2. The van der Waals surface area contributed by atoms with Crippen molar-refractivity contribution in [2.45, 2.75) is 25.5 Å². The van der Waals surface area contributed by atoms with E-state index in [4.69, 9.17) is 9.47 Å². The molecule has 3 rings (SSSR count). The van der Waals surface area contributed by atoms with Gasteiger partial charge in [0, 0.05) is 19.2 Å². The number of amidine groups is 1. The Hall–Kier alpha value is -3.33. The Bertz CT molecular complexity index is 1010. The topological polar surface area (TPSA) is 97.3 Å². The molecule has 32 heavy (non-hydrogen) atoms. The number of ether oxygens (including phenoxy) is 2. The molecular formula is C23H25N3O5S. The standard InChI is InChI=1S/C23H25N3O5S/c1-4-30-18-12-10-16(11-13-18)24-21(28)19-14-20(27)26(3)23(32-19)25-17-8-6-15(7-9-17)22(29)31-5-2/h6-13,19H,4-5,14H2,1-3H3,(H,24,28)/t19-/m0/s1. The van der Waals surface area contributed by atoms with Crippen LogP contribution in [-0.4, -0.2) is 53.4 Å². The van der Waals surface area contributed by atoms with E-state index in [2.05, 4.69) is 10.3 Å². The van der Waals surface area contributed by atoms with Gasteiger partial charge in [0.15, 0.2) is 5.17 Å². The van der Waals surface area contributed by atoms with Crippen molar-refractivity contribution in [1.29, 1.82) is 0 Å². The lowest BCUT2D eigenvalue weighted by molar-refractivity contribution is -0.128. The molecule has 9 heteroatoms. The molecule has 0 unspecified atom stereocenters. The normalized spacial score (nSPS) is 17.2. The van der Waals surface area contributed by atoms with E-state index in [1.54, 1.807) is 62.5 Å². The molecule has 1 heterocycles. The third-order valence-corrected chi connectivity index (χ3v) is 5.84. The number of anilines is 1. The first-order valence-corrected chi connectivity index (χ1v) is 11.1. The summed E-state index contributed by atoms with van der Waals surface area (Å²) in [6, 6.07) is 13.6. The lowest BCUT2D eigenvalue weighted by Crippen LogP contribution is -2.43. The van der Waals surface area contributed by atoms with Crippen LogP contribution in [0.1, 0.15) is 30.6 Å². The number of amides is 2. The predicted molar refractivity (Wildman–Crippen MR) is 125 cm³/mol. The molecule has 0 saturated carbocycles. The van der Waals surface area contributed by atoms with Crippen molar-refractivity contribution >= 4 is 46.1 Å². The van der Waals surface area contributed by atoms with Crippen LogP contribution in [0, 0.1) is 0 Å². The Kier molecular flexibility index (Phi) is 7.88. The highest BCUT2D eigenvalue weighted by Gasteiger charge is 2.34. The molecule has 1 atom stereocenters. The Morgan fingerprint density at radius 2 is 1.78 bits per heavy atom. The fourth-order valence-electron chi connectivity index (χ4n) is 2.92. The molecule has 1 saturated heterocycles. The minimum Gasteiger partial charge on any atom is -0.494 e. The van der Waals surface area contributed by atoms with Crippen molar-refractivity contribution in [2.24, 2.45) is 4.99 Å². The molecule has 1 aliphatic heterocycles. The van der Waals surface area contributed by atoms with Crippen LogP contribution in [0.3, 0.4) is 0 Å². The van der Waals surface area contributed by atoms with Crippen LogP contribution in [-0.2, 0) is 14.3 Å². The average molecular weight is 456 g/mol. The van der Waals surface area contributed by atoms with Gasteiger partial charge < -0.3 is 14.8 Å². The highest BCUT2D eigenvalue weighted by atomic mass is 32.2. The number of carbonyl (C=O) groups is 3. The molecule has 2 amide bonds. The molecule has 0 radical (unpaired) electrons. The number of esters is 1. The van der Waals surface area contributed by atoms with Gasteiger partial charge in [-0.3, -0.25) is 14.5 Å². The van der Waals surface area contributed by atoms with E-state index in [-0.39, 0.29) is 18.2 Å². The molecule has 1 N–H and O–H groups in total. The molecule has 0 aromatic heterocycles.